The Labute approximate surface area is 101 Å². The second-order valence-electron chi connectivity index (χ2n) is 3.88. The molecule has 0 amide bonds. The van der Waals surface area contributed by atoms with Crippen molar-refractivity contribution < 1.29 is 19.1 Å². The second kappa shape index (κ2) is 5.48. The maximum absolute atomic E-state index is 11.3. The van der Waals surface area contributed by atoms with Crippen LogP contribution in [0.3, 0.4) is 0 Å². The predicted molar refractivity (Wildman–Crippen MR) is 63.4 cm³/mol. The summed E-state index contributed by atoms with van der Waals surface area (Å²) in [5.74, 6) is 0.191. The van der Waals surface area contributed by atoms with Crippen LogP contribution in [0.4, 0.5) is 0 Å². The molecule has 1 aromatic rings. The molecule has 0 radical (unpaired) electrons. The van der Waals surface area contributed by atoms with Crippen molar-refractivity contribution in [1.29, 1.82) is 0 Å². The molecule has 1 aromatic carbocycles. The van der Waals surface area contributed by atoms with E-state index in [0.29, 0.717) is 11.3 Å². The maximum atomic E-state index is 11.3. The van der Waals surface area contributed by atoms with E-state index in [2.05, 4.69) is 4.74 Å². The number of ether oxygens (including phenoxy) is 2. The average molecular weight is 236 g/mol. The highest BCUT2D eigenvalue weighted by atomic mass is 16.6. The smallest absolute Gasteiger partial charge is 0.346 e. The molecule has 0 heterocycles. The first-order valence-corrected chi connectivity index (χ1v) is 5.30. The first-order valence-electron chi connectivity index (χ1n) is 5.30. The van der Waals surface area contributed by atoms with Gasteiger partial charge in [-0.25, -0.2) is 4.79 Å². The lowest BCUT2D eigenvalue weighted by molar-refractivity contribution is -0.147. The molecule has 0 fully saturated rings. The number of benzene rings is 1. The fourth-order valence-corrected chi connectivity index (χ4v) is 1.63. The third-order valence-corrected chi connectivity index (χ3v) is 2.45. The molecule has 4 heteroatoms. The van der Waals surface area contributed by atoms with Crippen LogP contribution in [0.15, 0.2) is 12.1 Å². The molecule has 0 N–H and O–H groups in total. The molecule has 92 valence electrons. The molecular weight excluding hydrogens is 220 g/mol. The van der Waals surface area contributed by atoms with Crippen LogP contribution in [-0.4, -0.2) is 25.5 Å². The highest BCUT2D eigenvalue weighted by Gasteiger charge is 2.17. The van der Waals surface area contributed by atoms with Gasteiger partial charge in [0.1, 0.15) is 12.0 Å². The van der Waals surface area contributed by atoms with E-state index in [-0.39, 0.29) is 0 Å². The van der Waals surface area contributed by atoms with Crippen LogP contribution in [0.1, 0.15) is 28.4 Å². The van der Waals surface area contributed by atoms with Crippen LogP contribution < -0.4 is 4.74 Å². The molecule has 0 aliphatic carbocycles. The van der Waals surface area contributed by atoms with Crippen molar-refractivity contribution in [2.24, 2.45) is 0 Å². The first kappa shape index (κ1) is 13.2. The van der Waals surface area contributed by atoms with Gasteiger partial charge >= 0.3 is 5.97 Å². The molecule has 0 spiro atoms. The SMILES string of the molecule is COC(=O)C(C)Oc1c(C)cc(C=O)cc1C. The number of carbonyl (C=O) groups excluding carboxylic acids is 2. The third kappa shape index (κ3) is 3.06. The number of aryl methyl sites for hydroxylation is 2. The summed E-state index contributed by atoms with van der Waals surface area (Å²) >= 11 is 0. The van der Waals surface area contributed by atoms with Gasteiger partial charge in [0, 0.05) is 5.56 Å². The summed E-state index contributed by atoms with van der Waals surface area (Å²) in [7, 11) is 1.32. The molecule has 17 heavy (non-hydrogen) atoms. The van der Waals surface area contributed by atoms with Gasteiger partial charge in [0.15, 0.2) is 6.10 Å². The van der Waals surface area contributed by atoms with Crippen LogP contribution in [0.25, 0.3) is 0 Å². The average Bonchev–Trinajstić information content (AvgIpc) is 2.31. The molecule has 1 unspecified atom stereocenters. The number of rotatable bonds is 4. The Hall–Kier alpha value is -1.84. The van der Waals surface area contributed by atoms with Crippen molar-refractivity contribution >= 4 is 12.3 Å². The van der Waals surface area contributed by atoms with E-state index in [1.165, 1.54) is 7.11 Å². The van der Waals surface area contributed by atoms with E-state index >= 15 is 0 Å². The zero-order valence-corrected chi connectivity index (χ0v) is 10.4. The molecule has 0 aromatic heterocycles. The summed E-state index contributed by atoms with van der Waals surface area (Å²) in [6, 6.07) is 3.44. The van der Waals surface area contributed by atoms with Crippen LogP contribution in [-0.2, 0) is 9.53 Å². The monoisotopic (exact) mass is 236 g/mol. The summed E-state index contributed by atoms with van der Waals surface area (Å²) in [5, 5.41) is 0. The quantitative estimate of drug-likeness (QED) is 0.593. The number of methoxy groups -OCH3 is 1. The summed E-state index contributed by atoms with van der Waals surface area (Å²) in [6.07, 6.45) is 0.118. The summed E-state index contributed by atoms with van der Waals surface area (Å²) < 4.78 is 10.1. The molecule has 1 atom stereocenters. The zero-order valence-electron chi connectivity index (χ0n) is 10.4. The Morgan fingerprint density at radius 2 is 1.82 bits per heavy atom. The second-order valence-corrected chi connectivity index (χ2v) is 3.88. The minimum atomic E-state index is -0.667. The van der Waals surface area contributed by atoms with Crippen LogP contribution in [0.5, 0.6) is 5.75 Å². The van der Waals surface area contributed by atoms with Crippen molar-refractivity contribution in [2.45, 2.75) is 26.9 Å². The number of aldehydes is 1. The van der Waals surface area contributed by atoms with Gasteiger partial charge in [0.25, 0.3) is 0 Å². The van der Waals surface area contributed by atoms with Crippen molar-refractivity contribution in [3.63, 3.8) is 0 Å². The summed E-state index contributed by atoms with van der Waals surface area (Å²) in [4.78, 5) is 21.9. The van der Waals surface area contributed by atoms with Gasteiger partial charge in [-0.1, -0.05) is 0 Å². The van der Waals surface area contributed by atoms with Gasteiger partial charge in [0.2, 0.25) is 0 Å². The maximum Gasteiger partial charge on any atom is 0.346 e. The van der Waals surface area contributed by atoms with Crippen molar-refractivity contribution in [1.82, 2.24) is 0 Å². The van der Waals surface area contributed by atoms with E-state index in [1.54, 1.807) is 19.1 Å². The highest BCUT2D eigenvalue weighted by Crippen LogP contribution is 2.25. The predicted octanol–water partition coefficient (Wildman–Crippen LogP) is 2.06. The molecule has 0 aliphatic heterocycles. The lowest BCUT2D eigenvalue weighted by Crippen LogP contribution is -2.25. The van der Waals surface area contributed by atoms with Gasteiger partial charge in [0.05, 0.1) is 7.11 Å². The molecular formula is C13H16O4. The van der Waals surface area contributed by atoms with E-state index in [4.69, 9.17) is 4.74 Å². The fourth-order valence-electron chi connectivity index (χ4n) is 1.63. The largest absolute Gasteiger partial charge is 0.478 e. The van der Waals surface area contributed by atoms with E-state index in [1.807, 2.05) is 13.8 Å². The van der Waals surface area contributed by atoms with Crippen LogP contribution >= 0.6 is 0 Å². The lowest BCUT2D eigenvalue weighted by Gasteiger charge is -2.16. The van der Waals surface area contributed by atoms with Gasteiger partial charge in [-0.05, 0) is 44.0 Å². The van der Waals surface area contributed by atoms with Gasteiger partial charge in [-0.15, -0.1) is 0 Å². The Morgan fingerprint density at radius 3 is 2.24 bits per heavy atom. The van der Waals surface area contributed by atoms with E-state index in [0.717, 1.165) is 17.4 Å². The zero-order chi connectivity index (χ0) is 13.0. The Balaban J connectivity index is 2.99. The normalized spacial score (nSPS) is 11.8. The topological polar surface area (TPSA) is 52.6 Å². The lowest BCUT2D eigenvalue weighted by atomic mass is 10.1. The molecule has 0 saturated carbocycles. The van der Waals surface area contributed by atoms with Gasteiger partial charge in [-0.2, -0.15) is 0 Å². The summed E-state index contributed by atoms with van der Waals surface area (Å²) in [5.41, 5.74) is 2.24. The Bertz CT molecular complexity index is 414. The number of hydrogen-bond donors (Lipinski definition) is 0. The van der Waals surface area contributed by atoms with Crippen molar-refractivity contribution in [2.75, 3.05) is 7.11 Å². The third-order valence-electron chi connectivity index (χ3n) is 2.45. The Morgan fingerprint density at radius 1 is 1.29 bits per heavy atom. The highest BCUT2D eigenvalue weighted by molar-refractivity contribution is 5.77. The van der Waals surface area contributed by atoms with Crippen molar-refractivity contribution in [3.05, 3.63) is 28.8 Å². The minimum absolute atomic E-state index is 0.428. The standard InChI is InChI=1S/C13H16O4/c1-8-5-11(7-14)6-9(2)12(8)17-10(3)13(15)16-4/h5-7,10H,1-4H3. The molecule has 4 nitrogen and oxygen atoms in total. The van der Waals surface area contributed by atoms with Crippen molar-refractivity contribution in [3.8, 4) is 5.75 Å². The number of carbonyl (C=O) groups is 2. The van der Waals surface area contributed by atoms with Gasteiger partial charge in [-0.3, -0.25) is 4.79 Å². The molecule has 0 aliphatic rings. The first-order chi connectivity index (χ1) is 7.99. The number of hydrogen-bond acceptors (Lipinski definition) is 4. The van der Waals surface area contributed by atoms with E-state index in [9.17, 15) is 9.59 Å². The Kier molecular flexibility index (Phi) is 4.26. The van der Waals surface area contributed by atoms with E-state index < -0.39 is 12.1 Å². The summed E-state index contributed by atoms with van der Waals surface area (Å²) in [6.45, 7) is 5.29. The minimum Gasteiger partial charge on any atom is -0.478 e. The van der Waals surface area contributed by atoms with Crippen LogP contribution in [0.2, 0.25) is 0 Å². The van der Waals surface area contributed by atoms with Gasteiger partial charge < -0.3 is 9.47 Å². The number of esters is 1. The molecule has 0 bridgehead atoms. The molecule has 0 saturated heterocycles. The fraction of sp³-hybridized carbons (Fsp3) is 0.385. The molecule has 1 rings (SSSR count). The van der Waals surface area contributed by atoms with Crippen LogP contribution in [0, 0.1) is 13.8 Å².